The van der Waals surface area contributed by atoms with E-state index in [2.05, 4.69) is 78.4 Å². The first-order valence-corrected chi connectivity index (χ1v) is 11.9. The fourth-order valence-electron chi connectivity index (χ4n) is 4.67. The second-order valence-electron chi connectivity index (χ2n) is 8.60. The van der Waals surface area contributed by atoms with Crippen LogP contribution in [-0.4, -0.2) is 74.7 Å². The molecule has 0 saturated carbocycles. The molecule has 1 saturated heterocycles. The molecule has 178 valence electrons. The van der Waals surface area contributed by atoms with Crippen LogP contribution >= 0.6 is 12.4 Å². The van der Waals surface area contributed by atoms with Crippen LogP contribution in [0.2, 0.25) is 0 Å². The molecule has 1 N–H and O–H groups in total. The highest BCUT2D eigenvalue weighted by Gasteiger charge is 2.33. The topological polar surface area (TPSA) is 44.8 Å². The summed E-state index contributed by atoms with van der Waals surface area (Å²) in [6, 6.07) is 15.2. The molecule has 0 spiro atoms. The Morgan fingerprint density at radius 2 is 1.75 bits per heavy atom. The summed E-state index contributed by atoms with van der Waals surface area (Å²) in [7, 11) is 0. The van der Waals surface area contributed by atoms with Crippen molar-refractivity contribution in [1.82, 2.24) is 15.1 Å². The maximum atomic E-state index is 12.8. The van der Waals surface area contributed by atoms with Crippen molar-refractivity contribution in [3.05, 3.63) is 48.0 Å². The molecule has 1 aliphatic heterocycles. The average Bonchev–Trinajstić information content (AvgIpc) is 2.83. The Balaban J connectivity index is 0.00000363. The van der Waals surface area contributed by atoms with E-state index in [4.69, 9.17) is 4.74 Å². The molecule has 1 atom stereocenters. The largest absolute Gasteiger partial charge is 0.379 e. The second-order valence-corrected chi connectivity index (χ2v) is 8.60. The fourth-order valence-corrected chi connectivity index (χ4v) is 4.67. The lowest BCUT2D eigenvalue weighted by Crippen LogP contribution is -2.46. The summed E-state index contributed by atoms with van der Waals surface area (Å²) in [6.45, 7) is 14.0. The van der Waals surface area contributed by atoms with Gasteiger partial charge in [0.1, 0.15) is 0 Å². The van der Waals surface area contributed by atoms with Crippen molar-refractivity contribution in [3.8, 4) is 0 Å². The average molecular weight is 462 g/mol. The van der Waals surface area contributed by atoms with E-state index >= 15 is 0 Å². The molecule has 1 aliphatic rings. The monoisotopic (exact) mass is 461 g/mol. The van der Waals surface area contributed by atoms with E-state index in [1.54, 1.807) is 0 Å². The SMILES string of the molecule is CCN(CC)CC(=O)NCC(CC)(CCN1CCOCC1)c1cccc2ccccc12.Cl. The van der Waals surface area contributed by atoms with Gasteiger partial charge in [-0.2, -0.15) is 0 Å². The van der Waals surface area contributed by atoms with Gasteiger partial charge in [0, 0.05) is 25.0 Å². The molecule has 1 amide bonds. The van der Waals surface area contributed by atoms with E-state index in [9.17, 15) is 4.79 Å². The molecule has 1 unspecified atom stereocenters. The quantitative estimate of drug-likeness (QED) is 0.547. The molecular weight excluding hydrogens is 422 g/mol. The molecule has 1 heterocycles. The van der Waals surface area contributed by atoms with Crippen LogP contribution in [0.4, 0.5) is 0 Å². The van der Waals surface area contributed by atoms with Crippen molar-refractivity contribution in [2.24, 2.45) is 0 Å². The highest BCUT2D eigenvalue weighted by molar-refractivity contribution is 5.87. The number of halogens is 1. The van der Waals surface area contributed by atoms with Gasteiger partial charge in [-0.3, -0.25) is 14.6 Å². The van der Waals surface area contributed by atoms with Gasteiger partial charge in [0.15, 0.2) is 0 Å². The number of carbonyl (C=O) groups is 1. The minimum Gasteiger partial charge on any atom is -0.379 e. The molecule has 0 aromatic heterocycles. The first-order valence-electron chi connectivity index (χ1n) is 11.9. The maximum Gasteiger partial charge on any atom is 0.234 e. The van der Waals surface area contributed by atoms with Crippen molar-refractivity contribution < 1.29 is 9.53 Å². The first-order chi connectivity index (χ1) is 15.1. The summed E-state index contributed by atoms with van der Waals surface area (Å²) < 4.78 is 5.53. The van der Waals surface area contributed by atoms with Crippen LogP contribution in [0.5, 0.6) is 0 Å². The minimum atomic E-state index is -0.0991. The molecule has 5 nitrogen and oxygen atoms in total. The van der Waals surface area contributed by atoms with E-state index in [0.29, 0.717) is 13.1 Å². The van der Waals surface area contributed by atoms with Crippen LogP contribution in [-0.2, 0) is 14.9 Å². The van der Waals surface area contributed by atoms with Gasteiger partial charge in [0.2, 0.25) is 5.91 Å². The molecule has 3 rings (SSSR count). The molecule has 0 bridgehead atoms. The fraction of sp³-hybridized carbons (Fsp3) is 0.577. The number of nitrogens with zero attached hydrogens (tertiary/aromatic N) is 2. The number of hydrogen-bond acceptors (Lipinski definition) is 4. The van der Waals surface area contributed by atoms with Crippen LogP contribution in [0.25, 0.3) is 10.8 Å². The van der Waals surface area contributed by atoms with Gasteiger partial charge in [0.25, 0.3) is 0 Å². The lowest BCUT2D eigenvalue weighted by molar-refractivity contribution is -0.122. The zero-order chi connectivity index (χ0) is 22.1. The molecule has 1 fully saturated rings. The number of benzene rings is 2. The Labute approximate surface area is 199 Å². The Morgan fingerprint density at radius 3 is 2.44 bits per heavy atom. The minimum absolute atomic E-state index is 0. The Bertz CT molecular complexity index is 831. The van der Waals surface area contributed by atoms with Crippen molar-refractivity contribution in [1.29, 1.82) is 0 Å². The van der Waals surface area contributed by atoms with Gasteiger partial charge in [0.05, 0.1) is 19.8 Å². The number of carbonyl (C=O) groups excluding carboxylic acids is 1. The van der Waals surface area contributed by atoms with Crippen molar-refractivity contribution in [2.45, 2.75) is 39.0 Å². The van der Waals surface area contributed by atoms with Gasteiger partial charge in [-0.1, -0.05) is 63.2 Å². The Hall–Kier alpha value is -1.66. The summed E-state index contributed by atoms with van der Waals surface area (Å²) in [5, 5.41) is 5.86. The third-order valence-electron chi connectivity index (χ3n) is 6.93. The van der Waals surface area contributed by atoms with E-state index < -0.39 is 0 Å². The zero-order valence-corrected chi connectivity index (χ0v) is 20.8. The van der Waals surface area contributed by atoms with E-state index in [-0.39, 0.29) is 23.7 Å². The number of rotatable bonds is 11. The third-order valence-corrected chi connectivity index (χ3v) is 6.93. The van der Waals surface area contributed by atoms with Crippen LogP contribution in [0.3, 0.4) is 0 Å². The van der Waals surface area contributed by atoms with E-state index in [1.165, 1.54) is 16.3 Å². The van der Waals surface area contributed by atoms with Gasteiger partial charge in [-0.05, 0) is 48.8 Å². The van der Waals surface area contributed by atoms with Gasteiger partial charge in [-0.15, -0.1) is 12.4 Å². The smallest absolute Gasteiger partial charge is 0.234 e. The predicted molar refractivity (Wildman–Crippen MR) is 136 cm³/mol. The van der Waals surface area contributed by atoms with E-state index in [1.807, 2.05) is 0 Å². The Kier molecular flexibility index (Phi) is 10.9. The normalized spacial score (nSPS) is 16.5. The van der Waals surface area contributed by atoms with E-state index in [0.717, 1.165) is 58.8 Å². The molecule has 6 heteroatoms. The van der Waals surface area contributed by atoms with Gasteiger partial charge >= 0.3 is 0 Å². The maximum absolute atomic E-state index is 12.8. The number of fused-ring (bicyclic) bond motifs is 1. The molecular formula is C26H40ClN3O2. The van der Waals surface area contributed by atoms with Crippen molar-refractivity contribution in [2.75, 3.05) is 59.0 Å². The van der Waals surface area contributed by atoms with Crippen LogP contribution in [0, 0.1) is 0 Å². The number of amides is 1. The molecule has 2 aromatic rings. The van der Waals surface area contributed by atoms with Gasteiger partial charge < -0.3 is 10.1 Å². The lowest BCUT2D eigenvalue weighted by Gasteiger charge is -2.38. The molecule has 0 aliphatic carbocycles. The predicted octanol–water partition coefficient (Wildman–Crippen LogP) is 4.09. The van der Waals surface area contributed by atoms with Crippen LogP contribution < -0.4 is 5.32 Å². The highest BCUT2D eigenvalue weighted by atomic mass is 35.5. The number of morpholine rings is 1. The number of ether oxygens (including phenoxy) is 1. The summed E-state index contributed by atoms with van der Waals surface area (Å²) in [5.74, 6) is 0.119. The number of likely N-dealkylation sites (N-methyl/N-ethyl adjacent to an activating group) is 1. The van der Waals surface area contributed by atoms with Crippen molar-refractivity contribution in [3.63, 3.8) is 0 Å². The summed E-state index contributed by atoms with van der Waals surface area (Å²) >= 11 is 0. The lowest BCUT2D eigenvalue weighted by atomic mass is 9.73. The molecule has 0 radical (unpaired) electrons. The van der Waals surface area contributed by atoms with Crippen molar-refractivity contribution >= 4 is 29.1 Å². The van der Waals surface area contributed by atoms with Crippen LogP contribution in [0.1, 0.15) is 39.2 Å². The number of hydrogen-bond donors (Lipinski definition) is 1. The zero-order valence-electron chi connectivity index (χ0n) is 19.9. The highest BCUT2D eigenvalue weighted by Crippen LogP contribution is 2.36. The van der Waals surface area contributed by atoms with Gasteiger partial charge in [-0.25, -0.2) is 0 Å². The second kappa shape index (κ2) is 13.1. The number of nitrogens with one attached hydrogen (secondary N) is 1. The Morgan fingerprint density at radius 1 is 1.06 bits per heavy atom. The third kappa shape index (κ3) is 6.67. The summed E-state index contributed by atoms with van der Waals surface area (Å²) in [4.78, 5) is 17.4. The summed E-state index contributed by atoms with van der Waals surface area (Å²) in [6.07, 6.45) is 2.00. The standard InChI is InChI=1S/C26H39N3O2.ClH/c1-4-26(14-15-29-16-18-31-19-17-29,21-27-25(30)20-28(5-2)6-3)24-13-9-11-22-10-7-8-12-23(22)24;/h7-13H,4-6,14-21H2,1-3H3,(H,27,30);1H. The first kappa shape index (κ1) is 26.6. The summed E-state index contributed by atoms with van der Waals surface area (Å²) in [5.41, 5.74) is 1.25. The molecule has 2 aromatic carbocycles. The molecule has 32 heavy (non-hydrogen) atoms. The van der Waals surface area contributed by atoms with Crippen LogP contribution in [0.15, 0.2) is 42.5 Å².